The molecule has 0 aromatic carbocycles. The third-order valence-corrected chi connectivity index (χ3v) is 12.1. The quantitative estimate of drug-likeness (QED) is 0.520. The van der Waals surface area contributed by atoms with E-state index in [1.54, 1.807) is 6.92 Å². The number of hydrogen-bond donors (Lipinski definition) is 1. The molecule has 0 unspecified atom stereocenters. The van der Waals surface area contributed by atoms with Gasteiger partial charge in [-0.3, -0.25) is 4.79 Å². The van der Waals surface area contributed by atoms with Gasteiger partial charge in [-0.2, -0.15) is 0 Å². The summed E-state index contributed by atoms with van der Waals surface area (Å²) in [4.78, 5) is 11.6. The van der Waals surface area contributed by atoms with Gasteiger partial charge in [0.2, 0.25) is 0 Å². The maximum Gasteiger partial charge on any atom is 0.302 e. The Bertz CT molecular complexity index is 829. The van der Waals surface area contributed by atoms with Crippen LogP contribution in [0.4, 0.5) is 0 Å². The van der Waals surface area contributed by atoms with Gasteiger partial charge in [0.05, 0.1) is 12.7 Å². The van der Waals surface area contributed by atoms with Crippen molar-refractivity contribution in [3.63, 3.8) is 0 Å². The van der Waals surface area contributed by atoms with Crippen molar-refractivity contribution in [1.82, 2.24) is 0 Å². The van der Waals surface area contributed by atoms with Crippen LogP contribution < -0.4 is 0 Å². The van der Waals surface area contributed by atoms with Gasteiger partial charge in [0.25, 0.3) is 0 Å². The maximum absolute atomic E-state index is 11.6. The molecule has 2 heterocycles. The van der Waals surface area contributed by atoms with Crippen LogP contribution in [0.25, 0.3) is 0 Å². The zero-order chi connectivity index (χ0) is 24.0. The molecule has 0 amide bonds. The van der Waals surface area contributed by atoms with Crippen molar-refractivity contribution in [1.29, 1.82) is 0 Å². The van der Waals surface area contributed by atoms with Crippen LogP contribution in [0.1, 0.15) is 92.4 Å². The van der Waals surface area contributed by atoms with Crippen LogP contribution >= 0.6 is 0 Å². The summed E-state index contributed by atoms with van der Waals surface area (Å²) in [6, 6.07) is 0. The summed E-state index contributed by atoms with van der Waals surface area (Å²) >= 11 is 0. The van der Waals surface area contributed by atoms with Crippen LogP contribution in [0.2, 0.25) is 0 Å². The third kappa shape index (κ3) is 3.24. The monoisotopic (exact) mass is 474 g/mol. The lowest BCUT2D eigenvalue weighted by Crippen LogP contribution is -2.60. The minimum Gasteiger partial charge on any atom is -0.463 e. The first kappa shape index (κ1) is 23.7. The summed E-state index contributed by atoms with van der Waals surface area (Å²) in [6.45, 7) is 11.8. The standard InChI is InChI=1S/C29H46O5/c1-16-14-29(32-15-16)26(31)17(2)25-24(34-29)13-23-21-7-6-19-12-20(33-18(3)30)8-10-27(19,4)22(21)9-11-28(23,25)5/h16-17,19-26,31H,6-15H2,1-5H3/t16-,17-,19+,20-,21+,22-,23-,24-,25-,26+,27-,28-,29+/m0/s1. The van der Waals surface area contributed by atoms with E-state index in [0.29, 0.717) is 35.7 Å². The molecule has 6 fully saturated rings. The minimum atomic E-state index is -0.776. The number of aliphatic hydroxyl groups excluding tert-OH is 1. The van der Waals surface area contributed by atoms with Crippen molar-refractivity contribution < 1.29 is 24.1 Å². The van der Waals surface area contributed by atoms with E-state index in [0.717, 1.165) is 37.5 Å². The highest BCUT2D eigenvalue weighted by molar-refractivity contribution is 5.66. The lowest BCUT2D eigenvalue weighted by Gasteiger charge is -2.61. The van der Waals surface area contributed by atoms with E-state index in [9.17, 15) is 9.90 Å². The van der Waals surface area contributed by atoms with E-state index < -0.39 is 11.9 Å². The Balaban J connectivity index is 1.24. The average molecular weight is 475 g/mol. The van der Waals surface area contributed by atoms with Gasteiger partial charge in [0, 0.05) is 13.3 Å². The first-order valence-corrected chi connectivity index (χ1v) is 14.2. The lowest BCUT2D eigenvalue weighted by molar-refractivity contribution is -0.330. The molecule has 5 heteroatoms. The zero-order valence-corrected chi connectivity index (χ0v) is 21.9. The molecular weight excluding hydrogens is 428 g/mol. The Kier molecular flexibility index (Phi) is 5.53. The van der Waals surface area contributed by atoms with Gasteiger partial charge >= 0.3 is 5.97 Å². The van der Waals surface area contributed by atoms with E-state index >= 15 is 0 Å². The minimum absolute atomic E-state index is 0.121. The molecule has 2 saturated heterocycles. The van der Waals surface area contributed by atoms with Crippen molar-refractivity contribution >= 4 is 5.97 Å². The molecule has 0 bridgehead atoms. The van der Waals surface area contributed by atoms with Crippen LogP contribution in [-0.4, -0.2) is 41.8 Å². The second kappa shape index (κ2) is 7.92. The normalized spacial score (nSPS) is 58.5. The van der Waals surface area contributed by atoms with Crippen LogP contribution in [0.5, 0.6) is 0 Å². The summed E-state index contributed by atoms with van der Waals surface area (Å²) in [5.41, 5.74) is 0.613. The van der Waals surface area contributed by atoms with Crippen molar-refractivity contribution in [3.05, 3.63) is 0 Å². The fourth-order valence-electron chi connectivity index (χ4n) is 10.7. The molecule has 6 rings (SSSR count). The van der Waals surface area contributed by atoms with Gasteiger partial charge in [-0.1, -0.05) is 27.7 Å². The Morgan fingerprint density at radius 2 is 1.76 bits per heavy atom. The third-order valence-electron chi connectivity index (χ3n) is 12.1. The predicted octanol–water partition coefficient (Wildman–Crippen LogP) is 5.34. The lowest BCUT2D eigenvalue weighted by atomic mass is 9.44. The fraction of sp³-hybridized carbons (Fsp3) is 0.966. The summed E-state index contributed by atoms with van der Waals surface area (Å²) < 4.78 is 18.7. The van der Waals surface area contributed by atoms with E-state index in [1.807, 2.05) is 0 Å². The first-order valence-electron chi connectivity index (χ1n) is 14.2. The molecule has 0 aromatic rings. The maximum atomic E-state index is 11.6. The molecule has 0 radical (unpaired) electrons. The summed E-state index contributed by atoms with van der Waals surface area (Å²) in [6.07, 6.45) is 10.1. The fourth-order valence-corrected chi connectivity index (χ4v) is 10.7. The molecular formula is C29H46O5. The molecule has 4 saturated carbocycles. The second-order valence-corrected chi connectivity index (χ2v) is 13.9. The number of ether oxygens (including phenoxy) is 3. The Hall–Kier alpha value is -0.650. The van der Waals surface area contributed by atoms with Gasteiger partial charge in [0.1, 0.15) is 12.2 Å². The zero-order valence-electron chi connectivity index (χ0n) is 21.9. The van der Waals surface area contributed by atoms with Crippen molar-refractivity contribution in [2.75, 3.05) is 6.61 Å². The van der Waals surface area contributed by atoms with Crippen molar-refractivity contribution in [2.24, 2.45) is 52.3 Å². The van der Waals surface area contributed by atoms with Crippen LogP contribution in [0.15, 0.2) is 0 Å². The highest BCUT2D eigenvalue weighted by Crippen LogP contribution is 2.70. The van der Waals surface area contributed by atoms with E-state index in [2.05, 4.69) is 27.7 Å². The van der Waals surface area contributed by atoms with Gasteiger partial charge in [-0.25, -0.2) is 0 Å². The van der Waals surface area contributed by atoms with Crippen LogP contribution in [0.3, 0.4) is 0 Å². The van der Waals surface area contributed by atoms with Gasteiger partial charge in [-0.15, -0.1) is 0 Å². The highest BCUT2D eigenvalue weighted by atomic mass is 16.7. The number of rotatable bonds is 1. The molecule has 13 atom stereocenters. The molecule has 192 valence electrons. The van der Waals surface area contributed by atoms with E-state index in [-0.39, 0.29) is 29.5 Å². The van der Waals surface area contributed by atoms with E-state index in [1.165, 1.54) is 32.1 Å². The van der Waals surface area contributed by atoms with Gasteiger partial charge in [-0.05, 0) is 104 Å². The van der Waals surface area contributed by atoms with Crippen LogP contribution in [-0.2, 0) is 19.0 Å². The number of carbonyl (C=O) groups excluding carboxylic acids is 1. The smallest absolute Gasteiger partial charge is 0.302 e. The largest absolute Gasteiger partial charge is 0.463 e. The molecule has 2 aliphatic heterocycles. The summed E-state index contributed by atoms with van der Waals surface area (Å²) in [5.74, 6) is 3.04. The Morgan fingerprint density at radius 1 is 1.00 bits per heavy atom. The summed E-state index contributed by atoms with van der Waals surface area (Å²) in [7, 11) is 0. The molecule has 1 spiro atoms. The van der Waals surface area contributed by atoms with Gasteiger partial charge in [0.15, 0.2) is 5.79 Å². The number of hydrogen-bond acceptors (Lipinski definition) is 5. The Labute approximate surface area is 205 Å². The van der Waals surface area contributed by atoms with Crippen LogP contribution in [0, 0.1) is 52.3 Å². The Morgan fingerprint density at radius 3 is 2.47 bits per heavy atom. The topological polar surface area (TPSA) is 65.0 Å². The highest BCUT2D eigenvalue weighted by Gasteiger charge is 2.68. The molecule has 0 aromatic heterocycles. The first-order chi connectivity index (χ1) is 16.1. The van der Waals surface area contributed by atoms with E-state index in [4.69, 9.17) is 14.2 Å². The molecule has 6 aliphatic rings. The number of aliphatic hydroxyl groups is 1. The molecule has 4 aliphatic carbocycles. The predicted molar refractivity (Wildman–Crippen MR) is 129 cm³/mol. The SMILES string of the molecule is CC(=O)O[C@H]1CC[C@@]2(C)[C@H](CC[C@@H]3[C@@H]2CC[C@]2(C)[C@H]4[C@H](C)[C@@H](O)[C@@]5(C[C@H](C)CO5)O[C@H]4C[C@@H]32)C1. The molecule has 5 nitrogen and oxygen atoms in total. The number of fused-ring (bicyclic) bond motifs is 7. The van der Waals surface area contributed by atoms with Crippen molar-refractivity contribution in [2.45, 2.75) is 117 Å². The molecule has 1 N–H and O–H groups in total. The van der Waals surface area contributed by atoms with Gasteiger partial charge < -0.3 is 19.3 Å². The number of carbonyl (C=O) groups is 1. The molecule has 34 heavy (non-hydrogen) atoms. The summed E-state index contributed by atoms with van der Waals surface area (Å²) in [5, 5.41) is 11.4. The average Bonchev–Trinajstić information content (AvgIpc) is 3.29. The number of esters is 1. The van der Waals surface area contributed by atoms with Crippen molar-refractivity contribution in [3.8, 4) is 0 Å². The second-order valence-electron chi connectivity index (χ2n) is 13.9.